The number of aliphatic imine (C=N–C) groups is 1. The highest BCUT2D eigenvalue weighted by Crippen LogP contribution is 2.00. The minimum atomic E-state index is 0.571. The molecule has 0 spiro atoms. The van der Waals surface area contributed by atoms with E-state index in [1.54, 1.807) is 4.90 Å². The van der Waals surface area contributed by atoms with Crippen LogP contribution in [-0.2, 0) is 6.54 Å². The summed E-state index contributed by atoms with van der Waals surface area (Å²) in [7, 11) is 3.68. The molecule has 0 unspecified atom stereocenters. The zero-order chi connectivity index (χ0) is 11.1. The first-order chi connectivity index (χ1) is 7.24. The first-order valence-corrected chi connectivity index (χ1v) is 4.65. The Labute approximate surface area is 89.9 Å². The molecule has 0 amide bonds. The van der Waals surface area contributed by atoms with E-state index in [0.29, 0.717) is 12.5 Å². The second kappa shape index (κ2) is 5.66. The molecule has 0 aliphatic heterocycles. The quantitative estimate of drug-likeness (QED) is 0.339. The monoisotopic (exact) mass is 202 g/mol. The van der Waals surface area contributed by atoms with Crippen molar-refractivity contribution in [3.63, 3.8) is 0 Å². The van der Waals surface area contributed by atoms with Crippen molar-refractivity contribution in [2.24, 2.45) is 4.99 Å². The fourth-order valence-electron chi connectivity index (χ4n) is 1.09. The molecular formula is C11H14N4. The molecule has 0 aliphatic rings. The number of nitrogens with one attached hydrogen (secondary N) is 1. The lowest BCUT2D eigenvalue weighted by molar-refractivity contribution is 0.597. The van der Waals surface area contributed by atoms with Gasteiger partial charge in [0.15, 0.2) is 6.19 Å². The van der Waals surface area contributed by atoms with Gasteiger partial charge in [0.1, 0.15) is 0 Å². The van der Waals surface area contributed by atoms with E-state index < -0.39 is 0 Å². The second-order valence-electron chi connectivity index (χ2n) is 3.26. The van der Waals surface area contributed by atoms with E-state index >= 15 is 0 Å². The minimum absolute atomic E-state index is 0.571. The van der Waals surface area contributed by atoms with Crippen molar-refractivity contribution in [3.05, 3.63) is 35.9 Å². The molecule has 0 fully saturated rings. The molecule has 0 aromatic heterocycles. The zero-order valence-electron chi connectivity index (χ0n) is 8.94. The molecule has 1 N–H and O–H groups in total. The Morgan fingerprint density at radius 3 is 2.60 bits per heavy atom. The van der Waals surface area contributed by atoms with Crippen LogP contribution in [0.15, 0.2) is 35.3 Å². The van der Waals surface area contributed by atoms with Gasteiger partial charge >= 0.3 is 0 Å². The fraction of sp³-hybridized carbons (Fsp3) is 0.273. The van der Waals surface area contributed by atoms with Crippen LogP contribution in [0.5, 0.6) is 0 Å². The molecule has 1 rings (SSSR count). The van der Waals surface area contributed by atoms with Crippen molar-refractivity contribution in [1.82, 2.24) is 10.2 Å². The molecule has 0 radical (unpaired) electrons. The third-order valence-electron chi connectivity index (χ3n) is 1.85. The van der Waals surface area contributed by atoms with Gasteiger partial charge in [0.2, 0.25) is 5.96 Å². The van der Waals surface area contributed by atoms with E-state index in [1.165, 1.54) is 0 Å². The van der Waals surface area contributed by atoms with E-state index in [-0.39, 0.29) is 0 Å². The number of guanidine groups is 1. The van der Waals surface area contributed by atoms with Gasteiger partial charge in [-0.2, -0.15) is 5.26 Å². The van der Waals surface area contributed by atoms with Crippen LogP contribution in [0, 0.1) is 11.5 Å². The third-order valence-corrected chi connectivity index (χ3v) is 1.85. The van der Waals surface area contributed by atoms with Crippen molar-refractivity contribution < 1.29 is 0 Å². The summed E-state index contributed by atoms with van der Waals surface area (Å²) in [5.41, 5.74) is 1.12. The number of benzene rings is 1. The van der Waals surface area contributed by atoms with E-state index in [0.717, 1.165) is 5.56 Å². The van der Waals surface area contributed by atoms with Gasteiger partial charge in [0.25, 0.3) is 0 Å². The third kappa shape index (κ3) is 3.69. The smallest absolute Gasteiger partial charge is 0.207 e. The van der Waals surface area contributed by atoms with Crippen LogP contribution in [0.2, 0.25) is 0 Å². The maximum atomic E-state index is 8.51. The van der Waals surface area contributed by atoms with Gasteiger partial charge in [-0.05, 0) is 5.56 Å². The molecule has 4 nitrogen and oxygen atoms in total. The van der Waals surface area contributed by atoms with Crippen molar-refractivity contribution in [1.29, 1.82) is 5.26 Å². The molecular weight excluding hydrogens is 188 g/mol. The highest BCUT2D eigenvalue weighted by atomic mass is 15.3. The molecule has 0 saturated carbocycles. The summed E-state index contributed by atoms with van der Waals surface area (Å²) in [5.74, 6) is 0.571. The summed E-state index contributed by atoms with van der Waals surface area (Å²) in [6.45, 7) is 0.572. The molecule has 0 bridgehead atoms. The number of rotatable bonds is 2. The summed E-state index contributed by atoms with van der Waals surface area (Å²) in [4.78, 5) is 6.06. The van der Waals surface area contributed by atoms with E-state index in [1.807, 2.05) is 50.6 Å². The summed E-state index contributed by atoms with van der Waals surface area (Å²) in [5, 5.41) is 11.0. The lowest BCUT2D eigenvalue weighted by atomic mass is 10.2. The topological polar surface area (TPSA) is 51.4 Å². The Morgan fingerprint density at radius 2 is 2.07 bits per heavy atom. The second-order valence-corrected chi connectivity index (χ2v) is 3.26. The standard InChI is InChI=1S/C11H14N4/c1-15(2)11(14-9-12)13-8-10-6-4-3-5-7-10/h3-7H,8H2,1-2H3,(H,13,14). The first-order valence-electron chi connectivity index (χ1n) is 4.65. The van der Waals surface area contributed by atoms with E-state index in [9.17, 15) is 0 Å². The normalized spacial score (nSPS) is 10.6. The van der Waals surface area contributed by atoms with Crippen LogP contribution in [0.1, 0.15) is 5.56 Å². The Kier molecular flexibility index (Phi) is 4.17. The van der Waals surface area contributed by atoms with Crippen molar-refractivity contribution in [3.8, 4) is 6.19 Å². The summed E-state index contributed by atoms with van der Waals surface area (Å²) in [6, 6.07) is 9.91. The van der Waals surface area contributed by atoms with Gasteiger partial charge in [-0.15, -0.1) is 0 Å². The maximum Gasteiger partial charge on any atom is 0.207 e. The number of hydrogen-bond donors (Lipinski definition) is 1. The highest BCUT2D eigenvalue weighted by Gasteiger charge is 1.99. The van der Waals surface area contributed by atoms with E-state index in [2.05, 4.69) is 10.3 Å². The van der Waals surface area contributed by atoms with Gasteiger partial charge in [0, 0.05) is 14.1 Å². The summed E-state index contributed by atoms with van der Waals surface area (Å²) < 4.78 is 0. The van der Waals surface area contributed by atoms with Gasteiger partial charge in [-0.3, -0.25) is 5.32 Å². The maximum absolute atomic E-state index is 8.51. The molecule has 0 saturated heterocycles. The molecule has 0 atom stereocenters. The first kappa shape index (κ1) is 11.1. The molecule has 1 aromatic carbocycles. The number of hydrogen-bond acceptors (Lipinski definition) is 2. The fourth-order valence-corrected chi connectivity index (χ4v) is 1.09. The van der Waals surface area contributed by atoms with Gasteiger partial charge < -0.3 is 4.90 Å². The molecule has 1 aromatic rings. The molecule has 4 heteroatoms. The Hall–Kier alpha value is -2.02. The van der Waals surface area contributed by atoms with Crippen LogP contribution in [0.4, 0.5) is 0 Å². The van der Waals surface area contributed by atoms with Crippen LogP contribution in [0.25, 0.3) is 0 Å². The average molecular weight is 202 g/mol. The lowest BCUT2D eigenvalue weighted by Crippen LogP contribution is -2.33. The zero-order valence-corrected chi connectivity index (χ0v) is 8.94. The van der Waals surface area contributed by atoms with Crippen LogP contribution in [0.3, 0.4) is 0 Å². The van der Waals surface area contributed by atoms with Crippen molar-refractivity contribution >= 4 is 5.96 Å². The predicted molar refractivity (Wildman–Crippen MR) is 60.0 cm³/mol. The largest absolute Gasteiger partial charge is 0.348 e. The van der Waals surface area contributed by atoms with Gasteiger partial charge in [-0.25, -0.2) is 4.99 Å². The highest BCUT2D eigenvalue weighted by molar-refractivity contribution is 5.80. The number of nitriles is 1. The summed E-state index contributed by atoms with van der Waals surface area (Å²) in [6.07, 6.45) is 1.86. The Balaban J connectivity index is 2.66. The lowest BCUT2D eigenvalue weighted by Gasteiger charge is -2.13. The number of nitrogens with zero attached hydrogens (tertiary/aromatic N) is 3. The summed E-state index contributed by atoms with van der Waals surface area (Å²) >= 11 is 0. The van der Waals surface area contributed by atoms with Crippen LogP contribution in [-0.4, -0.2) is 25.0 Å². The van der Waals surface area contributed by atoms with E-state index in [4.69, 9.17) is 5.26 Å². The minimum Gasteiger partial charge on any atom is -0.348 e. The predicted octanol–water partition coefficient (Wildman–Crippen LogP) is 1.17. The SMILES string of the molecule is CN(C)C(=NCc1ccccc1)NC#N. The molecule has 0 aliphatic carbocycles. The molecule has 0 heterocycles. The van der Waals surface area contributed by atoms with Crippen molar-refractivity contribution in [2.75, 3.05) is 14.1 Å². The average Bonchev–Trinajstić information content (AvgIpc) is 2.25. The van der Waals surface area contributed by atoms with Crippen LogP contribution < -0.4 is 5.32 Å². The van der Waals surface area contributed by atoms with Gasteiger partial charge in [-0.1, -0.05) is 30.3 Å². The Morgan fingerprint density at radius 1 is 1.40 bits per heavy atom. The van der Waals surface area contributed by atoms with Gasteiger partial charge in [0.05, 0.1) is 6.54 Å². The molecule has 78 valence electrons. The Bertz CT molecular complexity index is 362. The molecule has 15 heavy (non-hydrogen) atoms. The van der Waals surface area contributed by atoms with Crippen molar-refractivity contribution in [2.45, 2.75) is 6.54 Å². The van der Waals surface area contributed by atoms with Crippen LogP contribution >= 0.6 is 0 Å².